The smallest absolute Gasteiger partial charge is 0.308 e. The second-order valence-electron chi connectivity index (χ2n) is 3.50. The molecule has 2 atom stereocenters. The number of hydrogen-bond acceptors (Lipinski definition) is 3. The number of aliphatic carboxylic acids is 1. The summed E-state index contributed by atoms with van der Waals surface area (Å²) in [6, 6.07) is 3.77. The third-order valence-electron chi connectivity index (χ3n) is 2.64. The van der Waals surface area contributed by atoms with Gasteiger partial charge in [0.2, 0.25) is 0 Å². The summed E-state index contributed by atoms with van der Waals surface area (Å²) < 4.78 is 0. The second-order valence-corrected chi connectivity index (χ2v) is 3.50. The van der Waals surface area contributed by atoms with Crippen molar-refractivity contribution in [3.8, 4) is 0 Å². The van der Waals surface area contributed by atoms with Crippen LogP contribution in [0.2, 0.25) is 0 Å². The number of nitrogens with zero attached hydrogens (tertiary/aromatic N) is 1. The molecule has 2 unspecified atom stereocenters. The average molecular weight is 192 g/mol. The molecule has 74 valence electrons. The van der Waals surface area contributed by atoms with E-state index < -0.39 is 5.97 Å². The molecule has 0 radical (unpaired) electrons. The van der Waals surface area contributed by atoms with Gasteiger partial charge in [-0.2, -0.15) is 0 Å². The number of hydrogen-bond donors (Lipinski definition) is 2. The molecule has 0 aromatic carbocycles. The van der Waals surface area contributed by atoms with Crippen molar-refractivity contribution in [1.29, 1.82) is 0 Å². The molecule has 1 fully saturated rings. The van der Waals surface area contributed by atoms with E-state index in [4.69, 9.17) is 5.11 Å². The highest BCUT2D eigenvalue weighted by Crippen LogP contribution is 2.27. The molecule has 1 aliphatic rings. The molecule has 0 amide bonds. The standard InChI is InChI=1S/C10H12N2O2/c13-10(14)9-6-12-5-8(9)7-2-1-3-11-4-7/h1-4,8-9,12H,5-6H2,(H,13,14). The highest BCUT2D eigenvalue weighted by molar-refractivity contribution is 5.72. The lowest BCUT2D eigenvalue weighted by atomic mass is 9.90. The molecule has 1 aromatic heterocycles. The first-order valence-corrected chi connectivity index (χ1v) is 4.62. The predicted octanol–water partition coefficient (Wildman–Crippen LogP) is 0.469. The molecule has 14 heavy (non-hydrogen) atoms. The zero-order chi connectivity index (χ0) is 9.97. The normalized spacial score (nSPS) is 26.3. The van der Waals surface area contributed by atoms with E-state index in [9.17, 15) is 4.79 Å². The highest BCUT2D eigenvalue weighted by Gasteiger charge is 2.33. The number of carboxylic acid groups (broad SMARTS) is 1. The molecule has 1 aliphatic heterocycles. The van der Waals surface area contributed by atoms with Gasteiger partial charge in [0.1, 0.15) is 0 Å². The summed E-state index contributed by atoms with van der Waals surface area (Å²) in [6.45, 7) is 1.28. The van der Waals surface area contributed by atoms with E-state index in [1.807, 2.05) is 12.1 Å². The Kier molecular flexibility index (Phi) is 2.45. The Hall–Kier alpha value is -1.42. The molecular formula is C10H12N2O2. The quantitative estimate of drug-likeness (QED) is 0.715. The van der Waals surface area contributed by atoms with Crippen LogP contribution in [0.25, 0.3) is 0 Å². The molecule has 4 nitrogen and oxygen atoms in total. The van der Waals surface area contributed by atoms with E-state index in [-0.39, 0.29) is 11.8 Å². The fraction of sp³-hybridized carbons (Fsp3) is 0.400. The Balaban J connectivity index is 2.22. The summed E-state index contributed by atoms with van der Waals surface area (Å²) in [5, 5.41) is 12.1. The van der Waals surface area contributed by atoms with E-state index in [2.05, 4.69) is 10.3 Å². The number of carbonyl (C=O) groups is 1. The zero-order valence-electron chi connectivity index (χ0n) is 7.68. The topological polar surface area (TPSA) is 62.2 Å². The van der Waals surface area contributed by atoms with Crippen molar-refractivity contribution < 1.29 is 9.90 Å². The number of pyridine rings is 1. The van der Waals surface area contributed by atoms with Crippen LogP contribution in [0.4, 0.5) is 0 Å². The Morgan fingerprint density at radius 2 is 2.43 bits per heavy atom. The van der Waals surface area contributed by atoms with Crippen LogP contribution < -0.4 is 5.32 Å². The second kappa shape index (κ2) is 3.75. The van der Waals surface area contributed by atoms with Crippen LogP contribution in [-0.2, 0) is 4.79 Å². The maximum atomic E-state index is 10.9. The Morgan fingerprint density at radius 1 is 1.57 bits per heavy atom. The lowest BCUT2D eigenvalue weighted by Gasteiger charge is -2.13. The van der Waals surface area contributed by atoms with Gasteiger partial charge in [0.05, 0.1) is 5.92 Å². The first kappa shape index (κ1) is 9.15. The molecule has 2 heterocycles. The largest absolute Gasteiger partial charge is 0.481 e. The van der Waals surface area contributed by atoms with Crippen LogP contribution in [-0.4, -0.2) is 29.1 Å². The lowest BCUT2D eigenvalue weighted by Crippen LogP contribution is -2.21. The zero-order valence-corrected chi connectivity index (χ0v) is 7.68. The predicted molar refractivity (Wildman–Crippen MR) is 51.0 cm³/mol. The van der Waals surface area contributed by atoms with Gasteiger partial charge in [-0.25, -0.2) is 0 Å². The van der Waals surface area contributed by atoms with Crippen LogP contribution in [0.5, 0.6) is 0 Å². The van der Waals surface area contributed by atoms with E-state index in [0.29, 0.717) is 6.54 Å². The number of carboxylic acids is 1. The van der Waals surface area contributed by atoms with E-state index in [1.165, 1.54) is 0 Å². The summed E-state index contributed by atoms with van der Waals surface area (Å²) >= 11 is 0. The van der Waals surface area contributed by atoms with Gasteiger partial charge >= 0.3 is 5.97 Å². The van der Waals surface area contributed by atoms with Crippen molar-refractivity contribution in [2.45, 2.75) is 5.92 Å². The van der Waals surface area contributed by atoms with Crippen LogP contribution in [0.1, 0.15) is 11.5 Å². The van der Waals surface area contributed by atoms with Gasteiger partial charge in [-0.1, -0.05) is 6.07 Å². The monoisotopic (exact) mass is 192 g/mol. The van der Waals surface area contributed by atoms with Gasteiger partial charge in [0, 0.05) is 31.4 Å². The van der Waals surface area contributed by atoms with Crippen molar-refractivity contribution in [2.75, 3.05) is 13.1 Å². The van der Waals surface area contributed by atoms with Gasteiger partial charge < -0.3 is 10.4 Å². The molecular weight excluding hydrogens is 180 g/mol. The van der Waals surface area contributed by atoms with Gasteiger partial charge in [-0.15, -0.1) is 0 Å². The van der Waals surface area contributed by atoms with Crippen molar-refractivity contribution in [2.24, 2.45) is 5.92 Å². The highest BCUT2D eigenvalue weighted by atomic mass is 16.4. The lowest BCUT2D eigenvalue weighted by molar-refractivity contribution is -0.141. The third-order valence-corrected chi connectivity index (χ3v) is 2.64. The molecule has 2 rings (SSSR count). The maximum absolute atomic E-state index is 10.9. The molecule has 1 aromatic rings. The summed E-state index contributed by atoms with van der Waals surface area (Å²) in [6.07, 6.45) is 3.44. The Labute approximate surface area is 82.0 Å². The molecule has 0 saturated carbocycles. The summed E-state index contributed by atoms with van der Waals surface area (Å²) in [7, 11) is 0. The first-order valence-electron chi connectivity index (χ1n) is 4.62. The summed E-state index contributed by atoms with van der Waals surface area (Å²) in [4.78, 5) is 14.9. The van der Waals surface area contributed by atoms with Crippen molar-refractivity contribution >= 4 is 5.97 Å². The first-order chi connectivity index (χ1) is 6.79. The molecule has 0 spiro atoms. The fourth-order valence-corrected chi connectivity index (χ4v) is 1.88. The van der Waals surface area contributed by atoms with Crippen LogP contribution in [0.15, 0.2) is 24.5 Å². The van der Waals surface area contributed by atoms with Crippen LogP contribution in [0.3, 0.4) is 0 Å². The number of aromatic nitrogens is 1. The number of rotatable bonds is 2. The Morgan fingerprint density at radius 3 is 3.07 bits per heavy atom. The molecule has 4 heteroatoms. The van der Waals surface area contributed by atoms with Crippen LogP contribution >= 0.6 is 0 Å². The minimum atomic E-state index is -0.733. The van der Waals surface area contributed by atoms with E-state index >= 15 is 0 Å². The van der Waals surface area contributed by atoms with Crippen LogP contribution in [0, 0.1) is 5.92 Å². The summed E-state index contributed by atoms with van der Waals surface area (Å²) in [5.74, 6) is -0.996. The maximum Gasteiger partial charge on any atom is 0.308 e. The molecule has 0 aliphatic carbocycles. The van der Waals surface area contributed by atoms with Crippen molar-refractivity contribution in [3.63, 3.8) is 0 Å². The van der Waals surface area contributed by atoms with Gasteiger partial charge in [0.15, 0.2) is 0 Å². The van der Waals surface area contributed by atoms with Gasteiger partial charge in [0.25, 0.3) is 0 Å². The van der Waals surface area contributed by atoms with Crippen molar-refractivity contribution in [3.05, 3.63) is 30.1 Å². The molecule has 2 N–H and O–H groups in total. The minimum Gasteiger partial charge on any atom is -0.481 e. The minimum absolute atomic E-state index is 0.0567. The Bertz CT molecular complexity index is 326. The van der Waals surface area contributed by atoms with Crippen molar-refractivity contribution in [1.82, 2.24) is 10.3 Å². The molecule has 1 saturated heterocycles. The summed E-state index contributed by atoms with van der Waals surface area (Å²) in [5.41, 5.74) is 1.00. The average Bonchev–Trinajstić information content (AvgIpc) is 2.67. The third kappa shape index (κ3) is 1.61. The van der Waals surface area contributed by atoms with Gasteiger partial charge in [-0.05, 0) is 11.6 Å². The SMILES string of the molecule is O=C(O)C1CNCC1c1cccnc1. The van der Waals surface area contributed by atoms with Gasteiger partial charge in [-0.3, -0.25) is 9.78 Å². The fourth-order valence-electron chi connectivity index (χ4n) is 1.88. The van der Waals surface area contributed by atoms with E-state index in [1.54, 1.807) is 12.4 Å². The molecule has 0 bridgehead atoms. The van der Waals surface area contributed by atoms with E-state index in [0.717, 1.165) is 12.1 Å². The number of nitrogens with one attached hydrogen (secondary N) is 1.